The van der Waals surface area contributed by atoms with Crippen molar-refractivity contribution in [2.24, 2.45) is 5.92 Å². The van der Waals surface area contributed by atoms with E-state index in [1.54, 1.807) is 12.1 Å². The van der Waals surface area contributed by atoms with Gasteiger partial charge < -0.3 is 15.0 Å². The maximum atomic E-state index is 12.3. The van der Waals surface area contributed by atoms with Gasteiger partial charge in [-0.15, -0.1) is 0 Å². The summed E-state index contributed by atoms with van der Waals surface area (Å²) in [6.45, 7) is -1.43. The molecule has 1 aliphatic heterocycles. The molecule has 2 rings (SSSR count). The standard InChI is InChI=1S/C14H16F3N3O3/c1-23-13-9(3-2-4-18-13)6-19-12(22)10-5-11(21)20(7-10)8-14(15,16)17/h2-4,10H,5-8H2,1H3,(H,19,22)/t10-/m0/s1. The third kappa shape index (κ3) is 4.57. The Morgan fingerprint density at radius 3 is 2.91 bits per heavy atom. The normalized spacial score (nSPS) is 18.2. The molecule has 126 valence electrons. The summed E-state index contributed by atoms with van der Waals surface area (Å²) in [6.07, 6.45) is -3.15. The van der Waals surface area contributed by atoms with Gasteiger partial charge in [-0.1, -0.05) is 6.07 Å². The number of pyridine rings is 1. The first-order chi connectivity index (χ1) is 10.8. The van der Waals surface area contributed by atoms with E-state index in [2.05, 4.69) is 10.3 Å². The highest BCUT2D eigenvalue weighted by Crippen LogP contribution is 2.24. The number of aromatic nitrogens is 1. The van der Waals surface area contributed by atoms with Gasteiger partial charge in [0.05, 0.1) is 13.0 Å². The summed E-state index contributed by atoms with van der Waals surface area (Å²) >= 11 is 0. The summed E-state index contributed by atoms with van der Waals surface area (Å²) in [5, 5.41) is 2.60. The number of halogens is 3. The van der Waals surface area contributed by atoms with Crippen LogP contribution >= 0.6 is 0 Å². The number of nitrogens with zero attached hydrogens (tertiary/aromatic N) is 2. The fourth-order valence-electron chi connectivity index (χ4n) is 2.39. The van der Waals surface area contributed by atoms with Crippen LogP contribution < -0.4 is 10.1 Å². The molecule has 1 atom stereocenters. The molecule has 2 heterocycles. The lowest BCUT2D eigenvalue weighted by molar-refractivity contribution is -0.157. The Hall–Kier alpha value is -2.32. The van der Waals surface area contributed by atoms with Crippen LogP contribution in [0.4, 0.5) is 13.2 Å². The molecule has 0 radical (unpaired) electrons. The Morgan fingerprint density at radius 1 is 1.52 bits per heavy atom. The van der Waals surface area contributed by atoms with Gasteiger partial charge >= 0.3 is 6.18 Å². The van der Waals surface area contributed by atoms with E-state index in [-0.39, 0.29) is 19.5 Å². The second-order valence-electron chi connectivity index (χ2n) is 5.18. The molecule has 1 N–H and O–H groups in total. The Kier molecular flexibility index (Phi) is 5.07. The number of nitrogens with one attached hydrogen (secondary N) is 1. The molecule has 0 aliphatic carbocycles. The molecule has 1 saturated heterocycles. The minimum atomic E-state index is -4.47. The monoisotopic (exact) mass is 331 g/mol. The van der Waals surface area contributed by atoms with Crippen molar-refractivity contribution in [3.63, 3.8) is 0 Å². The number of methoxy groups -OCH3 is 1. The summed E-state index contributed by atoms with van der Waals surface area (Å²) < 4.78 is 42.1. The van der Waals surface area contributed by atoms with E-state index in [9.17, 15) is 22.8 Å². The molecule has 0 aromatic carbocycles. The topological polar surface area (TPSA) is 71.5 Å². The Labute approximate surface area is 130 Å². The van der Waals surface area contributed by atoms with Gasteiger partial charge in [0.2, 0.25) is 17.7 Å². The van der Waals surface area contributed by atoms with Crippen LogP contribution in [0.15, 0.2) is 18.3 Å². The van der Waals surface area contributed by atoms with E-state index in [4.69, 9.17) is 4.74 Å². The van der Waals surface area contributed by atoms with Crippen molar-refractivity contribution in [2.75, 3.05) is 20.2 Å². The summed E-state index contributed by atoms with van der Waals surface area (Å²) in [5.74, 6) is -1.56. The number of amides is 2. The molecular formula is C14H16F3N3O3. The van der Waals surface area contributed by atoms with E-state index in [0.29, 0.717) is 16.3 Å². The first kappa shape index (κ1) is 17.0. The van der Waals surface area contributed by atoms with Crippen molar-refractivity contribution in [2.45, 2.75) is 19.1 Å². The fourth-order valence-corrected chi connectivity index (χ4v) is 2.39. The predicted octanol–water partition coefficient (Wildman–Crippen LogP) is 1.12. The minimum Gasteiger partial charge on any atom is -0.481 e. The lowest BCUT2D eigenvalue weighted by Crippen LogP contribution is -2.37. The molecule has 1 aromatic heterocycles. The highest BCUT2D eigenvalue weighted by atomic mass is 19.4. The summed E-state index contributed by atoms with van der Waals surface area (Å²) in [4.78, 5) is 28.2. The predicted molar refractivity (Wildman–Crippen MR) is 73.4 cm³/mol. The quantitative estimate of drug-likeness (QED) is 0.878. The highest BCUT2D eigenvalue weighted by Gasteiger charge is 2.40. The summed E-state index contributed by atoms with van der Waals surface area (Å²) in [6, 6.07) is 3.38. The lowest BCUT2D eigenvalue weighted by Gasteiger charge is -2.18. The van der Waals surface area contributed by atoms with Gasteiger partial charge in [-0.3, -0.25) is 9.59 Å². The maximum Gasteiger partial charge on any atom is 0.406 e. The van der Waals surface area contributed by atoms with E-state index in [1.807, 2.05) is 0 Å². The van der Waals surface area contributed by atoms with Crippen molar-refractivity contribution in [1.82, 2.24) is 15.2 Å². The number of ether oxygens (including phenoxy) is 1. The molecule has 9 heteroatoms. The van der Waals surface area contributed by atoms with Crippen LogP contribution in [-0.2, 0) is 16.1 Å². The van der Waals surface area contributed by atoms with Crippen LogP contribution in [0, 0.1) is 5.92 Å². The number of carbonyl (C=O) groups is 2. The SMILES string of the molecule is COc1ncccc1CNC(=O)[C@H]1CC(=O)N(CC(F)(F)F)C1. The van der Waals surface area contributed by atoms with Crippen molar-refractivity contribution in [1.29, 1.82) is 0 Å². The first-order valence-electron chi connectivity index (χ1n) is 6.90. The van der Waals surface area contributed by atoms with E-state index >= 15 is 0 Å². The number of hydrogen-bond acceptors (Lipinski definition) is 4. The molecule has 23 heavy (non-hydrogen) atoms. The van der Waals surface area contributed by atoms with Crippen molar-refractivity contribution < 1.29 is 27.5 Å². The average Bonchev–Trinajstić information content (AvgIpc) is 2.84. The second-order valence-corrected chi connectivity index (χ2v) is 5.18. The van der Waals surface area contributed by atoms with Gasteiger partial charge in [-0.2, -0.15) is 13.2 Å². The maximum absolute atomic E-state index is 12.3. The van der Waals surface area contributed by atoms with Gasteiger partial charge in [-0.25, -0.2) is 4.98 Å². The van der Waals surface area contributed by atoms with Crippen LogP contribution in [0.5, 0.6) is 5.88 Å². The van der Waals surface area contributed by atoms with Gasteiger partial charge in [0, 0.05) is 31.3 Å². The molecule has 2 amide bonds. The van der Waals surface area contributed by atoms with E-state index in [1.165, 1.54) is 13.3 Å². The third-order valence-electron chi connectivity index (χ3n) is 3.45. The van der Waals surface area contributed by atoms with Crippen LogP contribution in [0.3, 0.4) is 0 Å². The molecule has 1 fully saturated rings. The number of hydrogen-bond donors (Lipinski definition) is 1. The minimum absolute atomic E-state index is 0.125. The van der Waals surface area contributed by atoms with Gasteiger partial charge in [0.25, 0.3) is 0 Å². The van der Waals surface area contributed by atoms with E-state index < -0.39 is 30.5 Å². The molecule has 0 saturated carbocycles. The van der Waals surface area contributed by atoms with Gasteiger partial charge in [-0.05, 0) is 6.07 Å². The Balaban J connectivity index is 1.91. The summed E-state index contributed by atoms with van der Waals surface area (Å²) in [7, 11) is 1.44. The molecule has 6 nitrogen and oxygen atoms in total. The van der Waals surface area contributed by atoms with Crippen molar-refractivity contribution in [3.05, 3.63) is 23.9 Å². The van der Waals surface area contributed by atoms with Crippen LogP contribution in [0.2, 0.25) is 0 Å². The third-order valence-corrected chi connectivity index (χ3v) is 3.45. The molecule has 0 unspecified atom stereocenters. The number of likely N-dealkylation sites (tertiary alicyclic amines) is 1. The zero-order valence-corrected chi connectivity index (χ0v) is 12.4. The lowest BCUT2D eigenvalue weighted by atomic mass is 10.1. The second kappa shape index (κ2) is 6.84. The van der Waals surface area contributed by atoms with Crippen LogP contribution in [0.25, 0.3) is 0 Å². The number of alkyl halides is 3. The largest absolute Gasteiger partial charge is 0.481 e. The molecule has 0 spiro atoms. The van der Waals surface area contributed by atoms with Crippen molar-refractivity contribution in [3.8, 4) is 5.88 Å². The number of carbonyl (C=O) groups excluding carboxylic acids is 2. The molecule has 1 aromatic rings. The molecule has 0 bridgehead atoms. The van der Waals surface area contributed by atoms with Crippen LogP contribution in [0.1, 0.15) is 12.0 Å². The fraction of sp³-hybridized carbons (Fsp3) is 0.500. The number of rotatable bonds is 5. The Bertz CT molecular complexity index is 592. The smallest absolute Gasteiger partial charge is 0.406 e. The zero-order chi connectivity index (χ0) is 17.0. The first-order valence-corrected chi connectivity index (χ1v) is 6.90. The Morgan fingerprint density at radius 2 is 2.26 bits per heavy atom. The average molecular weight is 331 g/mol. The zero-order valence-electron chi connectivity index (χ0n) is 12.4. The van der Waals surface area contributed by atoms with E-state index in [0.717, 1.165) is 0 Å². The van der Waals surface area contributed by atoms with Crippen molar-refractivity contribution >= 4 is 11.8 Å². The summed E-state index contributed by atoms with van der Waals surface area (Å²) in [5.41, 5.74) is 0.639. The van der Waals surface area contributed by atoms with Crippen LogP contribution in [-0.4, -0.2) is 48.1 Å². The molecular weight excluding hydrogens is 315 g/mol. The molecule has 1 aliphatic rings. The van der Waals surface area contributed by atoms with Gasteiger partial charge in [0.1, 0.15) is 6.54 Å². The van der Waals surface area contributed by atoms with Gasteiger partial charge in [0.15, 0.2) is 0 Å². The highest BCUT2D eigenvalue weighted by molar-refractivity contribution is 5.89.